The van der Waals surface area contributed by atoms with Gasteiger partial charge < -0.3 is 4.40 Å². The largest absolute Gasteiger partial charge is 0.397 e. The normalized spacial score (nSPS) is 13.4. The topological polar surface area (TPSA) is 8.29 Å². The summed E-state index contributed by atoms with van der Waals surface area (Å²) in [6.45, 7) is 11.0. The Balaban J connectivity index is 2.10. The van der Waals surface area contributed by atoms with Crippen molar-refractivity contribution >= 4 is 49.0 Å². The van der Waals surface area contributed by atoms with Crippen LogP contribution in [0.1, 0.15) is 41.7 Å². The minimum Gasteiger partial charge on any atom is -0.307 e. The number of hydrogen-bond acceptors (Lipinski definition) is 0. The average molecular weight is 474 g/mol. The van der Waals surface area contributed by atoms with Gasteiger partial charge in [-0.1, -0.05) is 24.3 Å². The SMILES string of the molecule is Cc1cc(C)c2c(c1C)c1c3c(cc[n+]1C)cc(C(C)(C)C(F)(F)F)c1c4cccc(C)c4n2c13. The number of rotatable bonds is 1. The van der Waals surface area contributed by atoms with Crippen LogP contribution in [0.4, 0.5) is 13.2 Å². The third kappa shape index (κ3) is 2.59. The summed E-state index contributed by atoms with van der Waals surface area (Å²) in [6, 6.07) is 11.9. The second-order valence-corrected chi connectivity index (χ2v) is 10.7. The Morgan fingerprint density at radius 2 is 1.49 bits per heavy atom. The van der Waals surface area contributed by atoms with Gasteiger partial charge in [0.15, 0.2) is 6.20 Å². The number of alkyl halides is 3. The summed E-state index contributed by atoms with van der Waals surface area (Å²) < 4.78 is 47.8. The second kappa shape index (κ2) is 6.66. The summed E-state index contributed by atoms with van der Waals surface area (Å²) in [6.07, 6.45) is -2.42. The highest BCUT2D eigenvalue weighted by Crippen LogP contribution is 2.50. The maximum absolute atomic E-state index is 14.5. The van der Waals surface area contributed by atoms with Crippen molar-refractivity contribution in [1.82, 2.24) is 4.40 Å². The zero-order valence-electron chi connectivity index (χ0n) is 21.1. The molecule has 6 rings (SSSR count). The molecular weight excluding hydrogens is 445 g/mol. The maximum atomic E-state index is 14.5. The molecule has 0 aliphatic rings. The van der Waals surface area contributed by atoms with Crippen molar-refractivity contribution in [3.8, 4) is 0 Å². The molecular formula is C30H28F3N2+. The Morgan fingerprint density at radius 3 is 2.17 bits per heavy atom. The Bertz CT molecular complexity index is 1850. The van der Waals surface area contributed by atoms with Crippen LogP contribution in [0.3, 0.4) is 0 Å². The summed E-state index contributed by atoms with van der Waals surface area (Å²) in [7, 11) is 2.03. The van der Waals surface area contributed by atoms with E-state index in [-0.39, 0.29) is 0 Å². The Kier molecular flexibility index (Phi) is 4.21. The minimum atomic E-state index is -4.39. The molecule has 3 heterocycles. The number of hydrogen-bond donors (Lipinski definition) is 0. The number of nitrogens with zero attached hydrogens (tertiary/aromatic N) is 2. The number of halogens is 3. The molecule has 0 N–H and O–H groups in total. The molecule has 0 bridgehead atoms. The van der Waals surface area contributed by atoms with Crippen molar-refractivity contribution in [3.05, 3.63) is 70.4 Å². The van der Waals surface area contributed by atoms with Gasteiger partial charge >= 0.3 is 6.18 Å². The molecule has 0 saturated heterocycles. The van der Waals surface area contributed by atoms with Crippen molar-refractivity contribution in [1.29, 1.82) is 0 Å². The van der Waals surface area contributed by atoms with Crippen LogP contribution < -0.4 is 4.57 Å². The third-order valence-corrected chi connectivity index (χ3v) is 8.21. The molecule has 0 aliphatic heterocycles. The number of benzene rings is 3. The van der Waals surface area contributed by atoms with Crippen LogP contribution in [-0.4, -0.2) is 10.6 Å². The van der Waals surface area contributed by atoms with E-state index < -0.39 is 11.6 Å². The highest BCUT2D eigenvalue weighted by Gasteiger charge is 2.50. The van der Waals surface area contributed by atoms with E-state index in [1.54, 1.807) is 6.07 Å². The standard InChI is InChI=1S/C30H28F3N2/c1-15-9-8-10-20-24-21(29(5,6)30(31,32)33)14-19-11-12-34(7)27-22-18(4)16(2)13-17(3)26(22)35(25(15)20)28(24)23(19)27/h8-14H,1-7H3/q+1. The zero-order chi connectivity index (χ0) is 25.2. The van der Waals surface area contributed by atoms with E-state index in [0.29, 0.717) is 10.9 Å². The van der Waals surface area contributed by atoms with E-state index in [2.05, 4.69) is 35.8 Å². The van der Waals surface area contributed by atoms with Gasteiger partial charge in [-0.2, -0.15) is 13.2 Å². The third-order valence-electron chi connectivity index (χ3n) is 8.21. The van der Waals surface area contributed by atoms with Crippen molar-refractivity contribution in [2.75, 3.05) is 0 Å². The van der Waals surface area contributed by atoms with E-state index in [9.17, 15) is 13.2 Å². The number of fused-ring (bicyclic) bond motifs is 6. The van der Waals surface area contributed by atoms with Crippen molar-refractivity contribution in [3.63, 3.8) is 0 Å². The Morgan fingerprint density at radius 1 is 0.771 bits per heavy atom. The van der Waals surface area contributed by atoms with Gasteiger partial charge in [0, 0.05) is 16.8 Å². The Labute approximate surface area is 201 Å². The van der Waals surface area contributed by atoms with Crippen LogP contribution in [0.25, 0.3) is 49.0 Å². The van der Waals surface area contributed by atoms with Crippen LogP contribution in [-0.2, 0) is 12.5 Å². The lowest BCUT2D eigenvalue weighted by Crippen LogP contribution is -2.36. The van der Waals surface area contributed by atoms with Crippen molar-refractivity contribution in [2.24, 2.45) is 7.05 Å². The lowest BCUT2D eigenvalue weighted by molar-refractivity contribution is -0.643. The smallest absolute Gasteiger partial charge is 0.307 e. The molecule has 5 heteroatoms. The number of pyridine rings is 2. The van der Waals surface area contributed by atoms with Gasteiger partial charge in [0.2, 0.25) is 5.52 Å². The minimum absolute atomic E-state index is 0.326. The summed E-state index contributed by atoms with van der Waals surface area (Å²) in [5.74, 6) is 0. The molecule has 35 heavy (non-hydrogen) atoms. The molecule has 0 radical (unpaired) electrons. The average Bonchev–Trinajstić information content (AvgIpc) is 3.12. The van der Waals surface area contributed by atoms with E-state index in [0.717, 1.165) is 54.7 Å². The van der Waals surface area contributed by atoms with Gasteiger partial charge in [-0.15, -0.1) is 0 Å². The molecule has 0 spiro atoms. The maximum Gasteiger partial charge on any atom is 0.397 e. The molecule has 0 fully saturated rings. The number of aryl methyl sites for hydroxylation is 5. The number of aromatic nitrogens is 2. The summed E-state index contributed by atoms with van der Waals surface area (Å²) in [5.41, 5.74) is 6.89. The van der Waals surface area contributed by atoms with Gasteiger partial charge in [0.1, 0.15) is 7.05 Å². The fourth-order valence-corrected chi connectivity index (χ4v) is 6.10. The predicted molar refractivity (Wildman–Crippen MR) is 138 cm³/mol. The fourth-order valence-electron chi connectivity index (χ4n) is 6.10. The lowest BCUT2D eigenvalue weighted by atomic mass is 9.80. The first kappa shape index (κ1) is 22.1. The Hall–Kier alpha value is -3.34. The van der Waals surface area contributed by atoms with Gasteiger partial charge in [0.25, 0.3) is 0 Å². The van der Waals surface area contributed by atoms with E-state index in [1.165, 1.54) is 25.0 Å². The van der Waals surface area contributed by atoms with Crippen LogP contribution in [0.15, 0.2) is 42.6 Å². The molecule has 0 unspecified atom stereocenters. The first-order valence-corrected chi connectivity index (χ1v) is 11.9. The molecule has 0 amide bonds. The first-order chi connectivity index (χ1) is 16.4. The molecule has 0 atom stereocenters. The number of para-hydroxylation sites is 1. The van der Waals surface area contributed by atoms with Crippen LogP contribution in [0, 0.1) is 27.7 Å². The molecule has 6 aromatic rings. The second-order valence-electron chi connectivity index (χ2n) is 10.7. The fraction of sp³-hybridized carbons (Fsp3) is 0.300. The van der Waals surface area contributed by atoms with Gasteiger partial charge in [-0.25, -0.2) is 4.57 Å². The highest BCUT2D eigenvalue weighted by molar-refractivity contribution is 6.28. The summed E-state index contributed by atoms with van der Waals surface area (Å²) in [4.78, 5) is 0. The molecule has 2 nitrogen and oxygen atoms in total. The van der Waals surface area contributed by atoms with E-state index in [4.69, 9.17) is 0 Å². The quantitative estimate of drug-likeness (QED) is 0.130. The summed E-state index contributed by atoms with van der Waals surface area (Å²) >= 11 is 0. The van der Waals surface area contributed by atoms with Gasteiger partial charge in [-0.3, -0.25) is 0 Å². The first-order valence-electron chi connectivity index (χ1n) is 11.9. The predicted octanol–water partition coefficient (Wildman–Crippen LogP) is 7.89. The van der Waals surface area contributed by atoms with Crippen LogP contribution in [0.2, 0.25) is 0 Å². The van der Waals surface area contributed by atoms with Crippen LogP contribution in [0.5, 0.6) is 0 Å². The van der Waals surface area contributed by atoms with Crippen molar-refractivity contribution in [2.45, 2.75) is 53.1 Å². The van der Waals surface area contributed by atoms with E-state index >= 15 is 0 Å². The molecule has 178 valence electrons. The van der Waals surface area contributed by atoms with Gasteiger partial charge in [-0.05, 0) is 80.8 Å². The van der Waals surface area contributed by atoms with E-state index in [1.807, 2.05) is 44.4 Å². The van der Waals surface area contributed by atoms with Crippen molar-refractivity contribution < 1.29 is 17.7 Å². The summed E-state index contributed by atoms with van der Waals surface area (Å²) in [5, 5.41) is 4.59. The highest BCUT2D eigenvalue weighted by atomic mass is 19.4. The monoisotopic (exact) mass is 473 g/mol. The molecule has 0 saturated carbocycles. The van der Waals surface area contributed by atoms with Crippen LogP contribution >= 0.6 is 0 Å². The van der Waals surface area contributed by atoms with Gasteiger partial charge in [0.05, 0.1) is 32.7 Å². The zero-order valence-corrected chi connectivity index (χ0v) is 21.1. The molecule has 3 aromatic heterocycles. The lowest BCUT2D eigenvalue weighted by Gasteiger charge is -2.29. The molecule has 0 aliphatic carbocycles. The molecule has 3 aromatic carbocycles.